The maximum atomic E-state index is 11.9. The number of carbonyl (C=O) groups is 1. The van der Waals surface area contributed by atoms with Gasteiger partial charge in [0, 0.05) is 12.1 Å². The maximum Gasteiger partial charge on any atom is 0.250 e. The van der Waals surface area contributed by atoms with E-state index in [0.29, 0.717) is 3.79 Å². The molecule has 0 saturated heterocycles. The molecule has 1 aromatic rings. The van der Waals surface area contributed by atoms with E-state index in [4.69, 9.17) is 5.73 Å². The molecular formula is C10H17BrClN3O3S2. The lowest BCUT2D eigenvalue weighted by Crippen LogP contribution is -2.51. The van der Waals surface area contributed by atoms with E-state index in [-0.39, 0.29) is 29.7 Å². The van der Waals surface area contributed by atoms with Crippen molar-refractivity contribution in [2.75, 3.05) is 13.1 Å². The molecule has 20 heavy (non-hydrogen) atoms. The number of amides is 1. The average molecular weight is 407 g/mol. The molecular weight excluding hydrogens is 390 g/mol. The molecule has 0 bridgehead atoms. The summed E-state index contributed by atoms with van der Waals surface area (Å²) in [5.41, 5.74) is 4.91. The van der Waals surface area contributed by atoms with Crippen LogP contribution in [0.4, 0.5) is 0 Å². The van der Waals surface area contributed by atoms with Gasteiger partial charge in [0.1, 0.15) is 4.21 Å². The Hall–Kier alpha value is -0.190. The van der Waals surface area contributed by atoms with Crippen molar-refractivity contribution >= 4 is 55.6 Å². The van der Waals surface area contributed by atoms with Crippen molar-refractivity contribution in [3.8, 4) is 0 Å². The van der Waals surface area contributed by atoms with E-state index in [1.165, 1.54) is 6.07 Å². The molecule has 0 aliphatic heterocycles. The average Bonchev–Trinajstić information content (AvgIpc) is 2.74. The molecule has 0 saturated carbocycles. The highest BCUT2D eigenvalue weighted by atomic mass is 79.9. The van der Waals surface area contributed by atoms with E-state index < -0.39 is 21.5 Å². The Morgan fingerprint density at radius 1 is 1.45 bits per heavy atom. The van der Waals surface area contributed by atoms with Crippen molar-refractivity contribution in [1.29, 1.82) is 0 Å². The number of nitrogens with two attached hydrogens (primary N) is 1. The summed E-state index contributed by atoms with van der Waals surface area (Å²) in [6.07, 6.45) is 0. The summed E-state index contributed by atoms with van der Waals surface area (Å²) in [6.45, 7) is 3.47. The zero-order valence-electron chi connectivity index (χ0n) is 11.0. The predicted molar refractivity (Wildman–Crippen MR) is 85.7 cm³/mol. The number of rotatable bonds is 6. The Morgan fingerprint density at radius 3 is 2.50 bits per heavy atom. The quantitative estimate of drug-likeness (QED) is 0.657. The highest BCUT2D eigenvalue weighted by molar-refractivity contribution is 9.11. The van der Waals surface area contributed by atoms with E-state index >= 15 is 0 Å². The van der Waals surface area contributed by atoms with Crippen molar-refractivity contribution in [3.05, 3.63) is 15.9 Å². The van der Waals surface area contributed by atoms with Crippen LogP contribution in [0.25, 0.3) is 0 Å². The molecule has 1 rings (SSSR count). The van der Waals surface area contributed by atoms with Crippen LogP contribution in [0.1, 0.15) is 13.8 Å². The molecule has 0 aliphatic carbocycles. The van der Waals surface area contributed by atoms with Crippen LogP contribution in [0.3, 0.4) is 0 Å². The molecule has 0 spiro atoms. The SMILES string of the molecule is CC(C)(CN)NC(=O)CNS(=O)(=O)c1ccc(Br)s1.Cl. The van der Waals surface area contributed by atoms with Gasteiger partial charge in [-0.15, -0.1) is 23.7 Å². The van der Waals surface area contributed by atoms with Gasteiger partial charge in [-0.05, 0) is 41.9 Å². The van der Waals surface area contributed by atoms with Crippen molar-refractivity contribution in [1.82, 2.24) is 10.0 Å². The lowest BCUT2D eigenvalue weighted by atomic mass is 10.1. The van der Waals surface area contributed by atoms with Gasteiger partial charge >= 0.3 is 0 Å². The minimum atomic E-state index is -3.65. The minimum Gasteiger partial charge on any atom is -0.349 e. The third-order valence-corrected chi connectivity index (χ3v) is 5.74. The molecule has 0 atom stereocenters. The lowest BCUT2D eigenvalue weighted by Gasteiger charge is -2.24. The van der Waals surface area contributed by atoms with Gasteiger partial charge in [0.2, 0.25) is 5.91 Å². The molecule has 6 nitrogen and oxygen atoms in total. The first-order valence-electron chi connectivity index (χ1n) is 5.42. The predicted octanol–water partition coefficient (Wildman–Crippen LogP) is 1.06. The van der Waals surface area contributed by atoms with Crippen LogP contribution in [-0.2, 0) is 14.8 Å². The van der Waals surface area contributed by atoms with Crippen molar-refractivity contribution in [2.45, 2.75) is 23.6 Å². The second-order valence-electron chi connectivity index (χ2n) is 4.52. The fraction of sp³-hybridized carbons (Fsp3) is 0.500. The standard InChI is InChI=1S/C10H16BrN3O3S2.ClH/c1-10(2,6-12)14-8(15)5-13-19(16,17)9-4-3-7(11)18-9;/h3-4,13H,5-6,12H2,1-2H3,(H,14,15);1H. The zero-order valence-corrected chi connectivity index (χ0v) is 15.0. The molecule has 1 aromatic heterocycles. The lowest BCUT2D eigenvalue weighted by molar-refractivity contribution is -0.121. The van der Waals surface area contributed by atoms with Gasteiger partial charge < -0.3 is 11.1 Å². The molecule has 0 unspecified atom stereocenters. The smallest absolute Gasteiger partial charge is 0.250 e. The number of nitrogens with one attached hydrogen (secondary N) is 2. The van der Waals surface area contributed by atoms with E-state index in [0.717, 1.165) is 11.3 Å². The summed E-state index contributed by atoms with van der Waals surface area (Å²) in [4.78, 5) is 11.6. The van der Waals surface area contributed by atoms with Gasteiger partial charge in [-0.2, -0.15) is 0 Å². The van der Waals surface area contributed by atoms with E-state index in [2.05, 4.69) is 26.0 Å². The van der Waals surface area contributed by atoms with Crippen molar-refractivity contribution in [3.63, 3.8) is 0 Å². The van der Waals surface area contributed by atoms with Crippen LogP contribution in [0.2, 0.25) is 0 Å². The Morgan fingerprint density at radius 2 is 2.05 bits per heavy atom. The first-order valence-corrected chi connectivity index (χ1v) is 8.52. The van der Waals surface area contributed by atoms with Gasteiger partial charge in [0.25, 0.3) is 10.0 Å². The van der Waals surface area contributed by atoms with Crippen LogP contribution < -0.4 is 15.8 Å². The van der Waals surface area contributed by atoms with Crippen LogP contribution >= 0.6 is 39.7 Å². The molecule has 1 amide bonds. The minimum absolute atomic E-state index is 0. The summed E-state index contributed by atoms with van der Waals surface area (Å²) < 4.78 is 26.8. The van der Waals surface area contributed by atoms with Gasteiger partial charge in [-0.25, -0.2) is 13.1 Å². The molecule has 116 valence electrons. The normalized spacial score (nSPS) is 11.8. The third kappa shape index (κ3) is 6.06. The Labute approximate surface area is 137 Å². The van der Waals surface area contributed by atoms with Gasteiger partial charge in [-0.1, -0.05) is 0 Å². The summed E-state index contributed by atoms with van der Waals surface area (Å²) in [7, 11) is -3.65. The highest BCUT2D eigenvalue weighted by Gasteiger charge is 2.21. The summed E-state index contributed by atoms with van der Waals surface area (Å²) in [5, 5.41) is 2.64. The van der Waals surface area contributed by atoms with Crippen molar-refractivity contribution < 1.29 is 13.2 Å². The molecule has 0 radical (unpaired) electrons. The number of hydrogen-bond donors (Lipinski definition) is 3. The number of sulfonamides is 1. The topological polar surface area (TPSA) is 101 Å². The summed E-state index contributed by atoms with van der Waals surface area (Å²) in [5.74, 6) is -0.422. The first kappa shape index (κ1) is 19.8. The van der Waals surface area contributed by atoms with Crippen molar-refractivity contribution in [2.24, 2.45) is 5.73 Å². The van der Waals surface area contributed by atoms with Gasteiger partial charge in [0.15, 0.2) is 0 Å². The fourth-order valence-electron chi connectivity index (χ4n) is 1.15. The summed E-state index contributed by atoms with van der Waals surface area (Å²) >= 11 is 4.27. The largest absolute Gasteiger partial charge is 0.349 e. The van der Waals surface area contributed by atoms with E-state index in [9.17, 15) is 13.2 Å². The molecule has 4 N–H and O–H groups in total. The van der Waals surface area contributed by atoms with E-state index in [1.807, 2.05) is 0 Å². The van der Waals surface area contributed by atoms with E-state index in [1.54, 1.807) is 19.9 Å². The number of halogens is 2. The van der Waals surface area contributed by atoms with Gasteiger partial charge in [0.05, 0.1) is 10.3 Å². The third-order valence-electron chi connectivity index (χ3n) is 2.22. The second-order valence-corrected chi connectivity index (χ2v) is 8.98. The van der Waals surface area contributed by atoms with Gasteiger partial charge in [-0.3, -0.25) is 4.79 Å². The number of thiophene rings is 1. The number of hydrogen-bond acceptors (Lipinski definition) is 5. The van der Waals surface area contributed by atoms with Crippen LogP contribution in [0.5, 0.6) is 0 Å². The summed E-state index contributed by atoms with van der Waals surface area (Å²) in [6, 6.07) is 3.11. The maximum absolute atomic E-state index is 11.9. The Kier molecular flexibility index (Phi) is 7.64. The zero-order chi connectivity index (χ0) is 14.7. The van der Waals surface area contributed by atoms with Crippen LogP contribution in [0.15, 0.2) is 20.1 Å². The molecule has 0 fully saturated rings. The molecule has 0 aliphatic rings. The molecule has 0 aromatic carbocycles. The second kappa shape index (κ2) is 7.71. The fourth-order valence-corrected chi connectivity index (χ4v) is 4.18. The molecule has 10 heteroatoms. The number of carbonyl (C=O) groups excluding carboxylic acids is 1. The monoisotopic (exact) mass is 405 g/mol. The first-order chi connectivity index (χ1) is 8.66. The Bertz CT molecular complexity index is 560. The Balaban J connectivity index is 0.00000361. The highest BCUT2D eigenvalue weighted by Crippen LogP contribution is 2.25. The molecule has 1 heterocycles. The van der Waals surface area contributed by atoms with Crippen LogP contribution in [0, 0.1) is 0 Å². The van der Waals surface area contributed by atoms with Crippen LogP contribution in [-0.4, -0.2) is 33.0 Å².